The lowest BCUT2D eigenvalue weighted by Crippen LogP contribution is -2.53. The van der Waals surface area contributed by atoms with E-state index in [1.807, 2.05) is 0 Å². The van der Waals surface area contributed by atoms with E-state index in [0.717, 1.165) is 37.0 Å². The van der Waals surface area contributed by atoms with Crippen LogP contribution in [0.1, 0.15) is 58.3 Å². The first-order chi connectivity index (χ1) is 13.2. The Labute approximate surface area is 169 Å². The molecule has 0 unspecified atom stereocenters. The summed E-state index contributed by atoms with van der Waals surface area (Å²) < 4.78 is 24.6. The first kappa shape index (κ1) is 21.6. The minimum absolute atomic E-state index is 0.0826. The van der Waals surface area contributed by atoms with Crippen LogP contribution in [0.3, 0.4) is 0 Å². The Bertz CT molecular complexity index is 656. The molecule has 160 valence electrons. The average Bonchev–Trinajstić information content (AvgIpc) is 2.63. The molecule has 0 saturated heterocycles. The van der Waals surface area contributed by atoms with E-state index >= 15 is 0 Å². The van der Waals surface area contributed by atoms with Crippen molar-refractivity contribution in [3.63, 3.8) is 0 Å². The highest BCUT2D eigenvalue weighted by Gasteiger charge is 2.54. The van der Waals surface area contributed by atoms with Crippen molar-refractivity contribution >= 4 is 21.8 Å². The maximum absolute atomic E-state index is 12.8. The zero-order valence-electron chi connectivity index (χ0n) is 17.2. The number of sulfonamides is 1. The van der Waals surface area contributed by atoms with Gasteiger partial charge in [-0.15, -0.1) is 0 Å². The van der Waals surface area contributed by atoms with Crippen molar-refractivity contribution in [2.45, 2.75) is 58.3 Å². The summed E-state index contributed by atoms with van der Waals surface area (Å²) in [4.78, 5) is 24.8. The summed E-state index contributed by atoms with van der Waals surface area (Å²) in [7, 11) is -1.61. The molecule has 4 aliphatic rings. The van der Waals surface area contributed by atoms with Crippen molar-refractivity contribution in [2.75, 3.05) is 32.4 Å². The Morgan fingerprint density at radius 2 is 1.57 bits per heavy atom. The first-order valence-corrected chi connectivity index (χ1v) is 12.3. The summed E-state index contributed by atoms with van der Waals surface area (Å²) >= 11 is 0. The van der Waals surface area contributed by atoms with Gasteiger partial charge in [-0.25, -0.2) is 12.7 Å². The Hall–Kier alpha value is -1.15. The number of hydrogen-bond acceptors (Lipinski definition) is 4. The van der Waals surface area contributed by atoms with Gasteiger partial charge in [0.15, 0.2) is 0 Å². The van der Waals surface area contributed by atoms with Gasteiger partial charge in [-0.05, 0) is 69.6 Å². The Morgan fingerprint density at radius 3 is 2.11 bits per heavy atom. The molecular weight excluding hydrogens is 378 g/mol. The Balaban J connectivity index is 1.32. The number of carbonyl (C=O) groups excluding carboxylic acids is 2. The van der Waals surface area contributed by atoms with E-state index in [1.165, 1.54) is 23.6 Å². The number of nitrogens with one attached hydrogen (secondary N) is 2. The van der Waals surface area contributed by atoms with E-state index in [1.54, 1.807) is 14.0 Å². The Morgan fingerprint density at radius 1 is 1.00 bits per heavy atom. The topological polar surface area (TPSA) is 95.6 Å². The molecular formula is C20H35N3O4S. The van der Waals surface area contributed by atoms with Gasteiger partial charge in [-0.3, -0.25) is 9.59 Å². The van der Waals surface area contributed by atoms with Crippen molar-refractivity contribution < 1.29 is 18.0 Å². The van der Waals surface area contributed by atoms with E-state index in [9.17, 15) is 18.0 Å². The van der Waals surface area contributed by atoms with E-state index in [2.05, 4.69) is 10.6 Å². The molecule has 0 aliphatic heterocycles. The van der Waals surface area contributed by atoms with Gasteiger partial charge in [-0.2, -0.15) is 0 Å². The van der Waals surface area contributed by atoms with Gasteiger partial charge >= 0.3 is 0 Å². The van der Waals surface area contributed by atoms with Gasteiger partial charge in [0, 0.05) is 38.5 Å². The van der Waals surface area contributed by atoms with E-state index in [-0.39, 0.29) is 29.4 Å². The number of hydrogen-bond donors (Lipinski definition) is 2. The monoisotopic (exact) mass is 413 g/mol. The average molecular weight is 414 g/mol. The van der Waals surface area contributed by atoms with Crippen LogP contribution < -0.4 is 10.6 Å². The quantitative estimate of drug-likeness (QED) is 0.531. The van der Waals surface area contributed by atoms with Crippen LogP contribution in [0, 0.1) is 23.2 Å². The van der Waals surface area contributed by atoms with Crippen LogP contribution in [0.15, 0.2) is 0 Å². The standard InChI is InChI=1S/C20H35N3O4S/c1-3-28(26,27)23(2)8-4-6-21-18(24)5-7-22-19(25)20-12-15-9-16(13-20)11-17(10-15)14-20/h15-17H,3-14H2,1-2H3,(H,21,24)(H,22,25). The molecule has 2 amide bonds. The van der Waals surface area contributed by atoms with Crippen LogP contribution in [0.2, 0.25) is 0 Å². The fraction of sp³-hybridized carbons (Fsp3) is 0.900. The molecule has 2 N–H and O–H groups in total. The lowest BCUT2D eigenvalue weighted by Gasteiger charge is -2.55. The van der Waals surface area contributed by atoms with Crippen LogP contribution in [0.5, 0.6) is 0 Å². The predicted octanol–water partition coefficient (Wildman–Crippen LogP) is 1.50. The van der Waals surface area contributed by atoms with Gasteiger partial charge in [0.1, 0.15) is 0 Å². The molecule has 4 saturated carbocycles. The summed E-state index contributed by atoms with van der Waals surface area (Å²) in [6.07, 6.45) is 7.86. The summed E-state index contributed by atoms with van der Waals surface area (Å²) in [5, 5.41) is 5.82. The normalized spacial score (nSPS) is 31.2. The number of amides is 2. The van der Waals surface area contributed by atoms with Crippen molar-refractivity contribution in [3.8, 4) is 0 Å². The van der Waals surface area contributed by atoms with E-state index < -0.39 is 10.0 Å². The lowest BCUT2D eigenvalue weighted by atomic mass is 9.49. The Kier molecular flexibility index (Phi) is 6.69. The van der Waals surface area contributed by atoms with E-state index in [4.69, 9.17) is 0 Å². The molecule has 28 heavy (non-hydrogen) atoms. The molecule has 0 aromatic heterocycles. The second-order valence-corrected chi connectivity index (χ2v) is 11.5. The molecule has 4 fully saturated rings. The number of rotatable bonds is 10. The third-order valence-electron chi connectivity index (χ3n) is 6.97. The summed E-state index contributed by atoms with van der Waals surface area (Å²) in [5.74, 6) is 2.33. The number of nitrogens with zero attached hydrogens (tertiary/aromatic N) is 1. The molecule has 0 heterocycles. The third kappa shape index (κ3) is 4.87. The molecule has 0 radical (unpaired) electrons. The van der Waals surface area contributed by atoms with Gasteiger partial charge in [0.25, 0.3) is 0 Å². The minimum Gasteiger partial charge on any atom is -0.356 e. The third-order valence-corrected chi connectivity index (χ3v) is 8.83. The summed E-state index contributed by atoms with van der Waals surface area (Å²) in [5.41, 5.74) is -0.166. The van der Waals surface area contributed by atoms with Gasteiger partial charge in [0.2, 0.25) is 21.8 Å². The highest BCUT2D eigenvalue weighted by molar-refractivity contribution is 7.89. The van der Waals surface area contributed by atoms with Crippen molar-refractivity contribution in [1.29, 1.82) is 0 Å². The molecule has 8 heteroatoms. The number of carbonyl (C=O) groups is 2. The second kappa shape index (κ2) is 8.69. The fourth-order valence-corrected chi connectivity index (χ4v) is 6.69. The molecule has 4 aliphatic carbocycles. The van der Waals surface area contributed by atoms with Gasteiger partial charge in [0.05, 0.1) is 5.75 Å². The first-order valence-electron chi connectivity index (χ1n) is 10.7. The van der Waals surface area contributed by atoms with Crippen LogP contribution in [0.4, 0.5) is 0 Å². The van der Waals surface area contributed by atoms with Crippen LogP contribution in [0.25, 0.3) is 0 Å². The molecule has 0 spiro atoms. The van der Waals surface area contributed by atoms with Crippen molar-refractivity contribution in [2.24, 2.45) is 23.2 Å². The zero-order valence-corrected chi connectivity index (χ0v) is 18.0. The molecule has 4 bridgehead atoms. The molecule has 0 atom stereocenters. The van der Waals surface area contributed by atoms with Crippen molar-refractivity contribution in [3.05, 3.63) is 0 Å². The SMILES string of the molecule is CCS(=O)(=O)N(C)CCCNC(=O)CCNC(=O)C12CC3CC(CC(C3)C1)C2. The maximum atomic E-state index is 12.8. The van der Waals surface area contributed by atoms with Crippen LogP contribution >= 0.6 is 0 Å². The van der Waals surface area contributed by atoms with Crippen molar-refractivity contribution in [1.82, 2.24) is 14.9 Å². The van der Waals surface area contributed by atoms with Gasteiger partial charge < -0.3 is 10.6 Å². The largest absolute Gasteiger partial charge is 0.356 e. The smallest absolute Gasteiger partial charge is 0.226 e. The predicted molar refractivity (Wildman–Crippen MR) is 108 cm³/mol. The van der Waals surface area contributed by atoms with Crippen LogP contribution in [-0.4, -0.2) is 57.0 Å². The summed E-state index contributed by atoms with van der Waals surface area (Å²) in [6.45, 7) is 2.81. The van der Waals surface area contributed by atoms with E-state index in [0.29, 0.717) is 26.1 Å². The minimum atomic E-state index is -3.17. The highest BCUT2D eigenvalue weighted by atomic mass is 32.2. The fourth-order valence-electron chi connectivity index (χ4n) is 5.84. The second-order valence-electron chi connectivity index (χ2n) is 9.13. The molecule has 0 aromatic carbocycles. The molecule has 7 nitrogen and oxygen atoms in total. The maximum Gasteiger partial charge on any atom is 0.226 e. The summed E-state index contributed by atoms with van der Waals surface area (Å²) in [6, 6.07) is 0. The zero-order chi connectivity index (χ0) is 20.4. The highest BCUT2D eigenvalue weighted by Crippen LogP contribution is 2.60. The lowest BCUT2D eigenvalue weighted by molar-refractivity contribution is -0.146. The van der Waals surface area contributed by atoms with Gasteiger partial charge in [-0.1, -0.05) is 0 Å². The molecule has 4 rings (SSSR count). The van der Waals surface area contributed by atoms with Crippen LogP contribution in [-0.2, 0) is 19.6 Å². The molecule has 0 aromatic rings.